The fourth-order valence-electron chi connectivity index (χ4n) is 0.552. The van der Waals surface area contributed by atoms with Gasteiger partial charge in [0.1, 0.15) is 6.29 Å². The van der Waals surface area contributed by atoms with Crippen molar-refractivity contribution in [2.24, 2.45) is 5.92 Å². The Morgan fingerprint density at radius 2 is 2.38 bits per heavy atom. The normalized spacial score (nSPS) is 13.2. The molecule has 0 bridgehead atoms. The third-order valence-electron chi connectivity index (χ3n) is 1.05. The minimum atomic E-state index is -0.503. The van der Waals surface area contributed by atoms with Gasteiger partial charge in [0.2, 0.25) is 0 Å². The standard InChI is InChI=1S/C6H11FO/c1-2-3-6(4-7)5-8/h5-6H,2-4H2,1H3. The van der Waals surface area contributed by atoms with Gasteiger partial charge in [-0.15, -0.1) is 0 Å². The van der Waals surface area contributed by atoms with E-state index in [1.807, 2.05) is 6.92 Å². The molecule has 0 saturated carbocycles. The van der Waals surface area contributed by atoms with Crippen LogP contribution >= 0.6 is 0 Å². The van der Waals surface area contributed by atoms with Gasteiger partial charge < -0.3 is 4.79 Å². The van der Waals surface area contributed by atoms with Gasteiger partial charge in [-0.05, 0) is 6.42 Å². The molecule has 0 aliphatic rings. The van der Waals surface area contributed by atoms with E-state index in [-0.39, 0.29) is 5.92 Å². The molecule has 0 saturated heterocycles. The zero-order valence-corrected chi connectivity index (χ0v) is 5.06. The number of hydrogen-bond donors (Lipinski definition) is 0. The highest BCUT2D eigenvalue weighted by Gasteiger charge is 2.02. The Hall–Kier alpha value is -0.400. The van der Waals surface area contributed by atoms with E-state index in [1.54, 1.807) is 0 Å². The van der Waals surface area contributed by atoms with Gasteiger partial charge in [0, 0.05) is 5.92 Å². The van der Waals surface area contributed by atoms with Gasteiger partial charge in [0.15, 0.2) is 0 Å². The molecule has 0 spiro atoms. The minimum absolute atomic E-state index is 0.347. The molecule has 0 fully saturated rings. The summed E-state index contributed by atoms with van der Waals surface area (Å²) in [5.74, 6) is -0.347. The second-order valence-corrected chi connectivity index (χ2v) is 1.84. The summed E-state index contributed by atoms with van der Waals surface area (Å²) < 4.78 is 11.6. The highest BCUT2D eigenvalue weighted by Crippen LogP contribution is 2.02. The van der Waals surface area contributed by atoms with Crippen LogP contribution < -0.4 is 0 Å². The predicted molar refractivity (Wildman–Crippen MR) is 30.4 cm³/mol. The fourth-order valence-corrected chi connectivity index (χ4v) is 0.552. The van der Waals surface area contributed by atoms with Crippen LogP contribution in [-0.4, -0.2) is 13.0 Å². The first-order valence-corrected chi connectivity index (χ1v) is 2.86. The van der Waals surface area contributed by atoms with Gasteiger partial charge in [-0.25, -0.2) is 0 Å². The Balaban J connectivity index is 3.21. The maximum Gasteiger partial charge on any atom is 0.125 e. The van der Waals surface area contributed by atoms with Gasteiger partial charge >= 0.3 is 0 Å². The SMILES string of the molecule is CCCC(C=O)CF. The van der Waals surface area contributed by atoms with Gasteiger partial charge in [-0.3, -0.25) is 4.39 Å². The van der Waals surface area contributed by atoms with Crippen LogP contribution in [0.5, 0.6) is 0 Å². The van der Waals surface area contributed by atoms with Crippen LogP contribution in [0.2, 0.25) is 0 Å². The van der Waals surface area contributed by atoms with Gasteiger partial charge in [-0.1, -0.05) is 13.3 Å². The van der Waals surface area contributed by atoms with Crippen molar-refractivity contribution in [1.29, 1.82) is 0 Å². The lowest BCUT2D eigenvalue weighted by Crippen LogP contribution is -2.02. The molecule has 0 aliphatic heterocycles. The van der Waals surface area contributed by atoms with Crippen LogP contribution in [0.1, 0.15) is 19.8 Å². The smallest absolute Gasteiger partial charge is 0.125 e. The van der Waals surface area contributed by atoms with E-state index in [0.717, 1.165) is 6.42 Å². The first-order chi connectivity index (χ1) is 3.85. The number of halogens is 1. The minimum Gasteiger partial charge on any atom is -0.303 e. The Labute approximate surface area is 48.9 Å². The largest absolute Gasteiger partial charge is 0.303 e. The van der Waals surface area contributed by atoms with E-state index >= 15 is 0 Å². The lowest BCUT2D eigenvalue weighted by atomic mass is 10.1. The first kappa shape index (κ1) is 7.60. The summed E-state index contributed by atoms with van der Waals surface area (Å²) in [4.78, 5) is 9.89. The summed E-state index contributed by atoms with van der Waals surface area (Å²) in [6.07, 6.45) is 2.25. The molecule has 1 unspecified atom stereocenters. The second kappa shape index (κ2) is 4.75. The summed E-state index contributed by atoms with van der Waals surface area (Å²) in [5, 5.41) is 0. The van der Waals surface area contributed by atoms with Crippen molar-refractivity contribution in [3.63, 3.8) is 0 Å². The molecule has 1 atom stereocenters. The predicted octanol–water partition coefficient (Wildman–Crippen LogP) is 1.57. The highest BCUT2D eigenvalue weighted by molar-refractivity contribution is 5.53. The van der Waals surface area contributed by atoms with Crippen LogP contribution in [0.15, 0.2) is 0 Å². The molecular weight excluding hydrogens is 107 g/mol. The Morgan fingerprint density at radius 3 is 2.50 bits per heavy atom. The molecule has 2 heteroatoms. The monoisotopic (exact) mass is 118 g/mol. The van der Waals surface area contributed by atoms with Gasteiger partial charge in [0.25, 0.3) is 0 Å². The molecule has 0 rings (SSSR count). The number of aldehydes is 1. The lowest BCUT2D eigenvalue weighted by molar-refractivity contribution is -0.111. The van der Waals surface area contributed by atoms with E-state index in [0.29, 0.717) is 12.7 Å². The third-order valence-corrected chi connectivity index (χ3v) is 1.05. The van der Waals surface area contributed by atoms with Crippen LogP contribution in [0.4, 0.5) is 4.39 Å². The number of hydrogen-bond acceptors (Lipinski definition) is 1. The summed E-state index contributed by atoms with van der Waals surface area (Å²) in [6, 6.07) is 0. The van der Waals surface area contributed by atoms with Crippen molar-refractivity contribution in [2.75, 3.05) is 6.67 Å². The molecular formula is C6H11FO. The maximum atomic E-state index is 11.6. The molecule has 0 radical (unpaired) electrons. The van der Waals surface area contributed by atoms with Crippen LogP contribution in [-0.2, 0) is 4.79 Å². The maximum absolute atomic E-state index is 11.6. The van der Waals surface area contributed by atoms with Gasteiger partial charge in [-0.2, -0.15) is 0 Å². The highest BCUT2D eigenvalue weighted by atomic mass is 19.1. The topological polar surface area (TPSA) is 17.1 Å². The quantitative estimate of drug-likeness (QED) is 0.512. The fraction of sp³-hybridized carbons (Fsp3) is 0.833. The molecule has 0 amide bonds. The van der Waals surface area contributed by atoms with Crippen LogP contribution in [0, 0.1) is 5.92 Å². The number of carbonyl (C=O) groups is 1. The Morgan fingerprint density at radius 1 is 1.75 bits per heavy atom. The molecule has 1 nitrogen and oxygen atoms in total. The van der Waals surface area contributed by atoms with Crippen LogP contribution in [0.3, 0.4) is 0 Å². The van der Waals surface area contributed by atoms with Crippen molar-refractivity contribution in [2.45, 2.75) is 19.8 Å². The summed E-state index contributed by atoms with van der Waals surface area (Å²) >= 11 is 0. The molecule has 0 aromatic rings. The van der Waals surface area contributed by atoms with E-state index in [4.69, 9.17) is 0 Å². The Kier molecular flexibility index (Phi) is 4.51. The Bertz CT molecular complexity index is 63.5. The average molecular weight is 118 g/mol. The van der Waals surface area contributed by atoms with E-state index < -0.39 is 6.67 Å². The van der Waals surface area contributed by atoms with E-state index in [1.165, 1.54) is 0 Å². The van der Waals surface area contributed by atoms with Crippen molar-refractivity contribution < 1.29 is 9.18 Å². The molecule has 8 heavy (non-hydrogen) atoms. The first-order valence-electron chi connectivity index (χ1n) is 2.86. The average Bonchev–Trinajstić information content (AvgIpc) is 1.83. The summed E-state index contributed by atoms with van der Waals surface area (Å²) in [5.41, 5.74) is 0. The third kappa shape index (κ3) is 2.72. The van der Waals surface area contributed by atoms with Crippen LogP contribution in [0.25, 0.3) is 0 Å². The van der Waals surface area contributed by atoms with Crippen molar-refractivity contribution in [1.82, 2.24) is 0 Å². The molecule has 0 aromatic carbocycles. The molecule has 0 heterocycles. The zero-order chi connectivity index (χ0) is 6.41. The van der Waals surface area contributed by atoms with Crippen molar-refractivity contribution in [3.05, 3.63) is 0 Å². The second-order valence-electron chi connectivity index (χ2n) is 1.84. The number of carbonyl (C=O) groups excluding carboxylic acids is 1. The van der Waals surface area contributed by atoms with Gasteiger partial charge in [0.05, 0.1) is 6.67 Å². The van der Waals surface area contributed by atoms with Crippen molar-refractivity contribution >= 4 is 6.29 Å². The molecule has 0 aromatic heterocycles. The zero-order valence-electron chi connectivity index (χ0n) is 5.06. The van der Waals surface area contributed by atoms with Crippen molar-refractivity contribution in [3.8, 4) is 0 Å². The molecule has 0 N–H and O–H groups in total. The molecule has 0 aliphatic carbocycles. The van der Waals surface area contributed by atoms with E-state index in [9.17, 15) is 9.18 Å². The summed E-state index contributed by atoms with van der Waals surface area (Å²) in [7, 11) is 0. The number of alkyl halides is 1. The van der Waals surface area contributed by atoms with E-state index in [2.05, 4.69) is 0 Å². The lowest BCUT2D eigenvalue weighted by Gasteiger charge is -1.98. The summed E-state index contributed by atoms with van der Waals surface area (Å²) in [6.45, 7) is 1.43. The number of rotatable bonds is 4. The molecule has 48 valence electrons.